The molecule has 2 aromatic carbocycles. The van der Waals surface area contributed by atoms with Crippen molar-refractivity contribution in [2.24, 2.45) is 0 Å². The molecule has 1 amide bonds. The Kier molecular flexibility index (Phi) is 6.64. The van der Waals surface area contributed by atoms with E-state index in [1.807, 2.05) is 47.4 Å². The Hall–Kier alpha value is -2.84. The lowest BCUT2D eigenvalue weighted by Gasteiger charge is -2.29. The molecule has 8 heteroatoms. The van der Waals surface area contributed by atoms with Gasteiger partial charge in [-0.15, -0.1) is 10.2 Å². The molecular formula is C25H28N4O3S. The molecule has 172 valence electrons. The fourth-order valence-electron chi connectivity index (χ4n) is 4.50. The molecule has 1 fully saturated rings. The average molecular weight is 465 g/mol. The minimum absolute atomic E-state index is 0.102. The second-order valence-corrected chi connectivity index (χ2v) is 9.29. The number of para-hydroxylation sites is 1. The van der Waals surface area contributed by atoms with Crippen molar-refractivity contribution in [3.63, 3.8) is 0 Å². The number of benzene rings is 2. The summed E-state index contributed by atoms with van der Waals surface area (Å²) in [6, 6.07) is 16.0. The van der Waals surface area contributed by atoms with Gasteiger partial charge in [-0.2, -0.15) is 0 Å². The first-order valence-corrected chi connectivity index (χ1v) is 12.4. The topological polar surface area (TPSA) is 69.5 Å². The number of aryl methyl sites for hydroxylation is 1. The van der Waals surface area contributed by atoms with Crippen molar-refractivity contribution >= 4 is 23.4 Å². The summed E-state index contributed by atoms with van der Waals surface area (Å²) in [5, 5.41) is 9.68. The summed E-state index contributed by atoms with van der Waals surface area (Å²) in [6.07, 6.45) is 4.24. The zero-order valence-electron chi connectivity index (χ0n) is 18.8. The summed E-state index contributed by atoms with van der Waals surface area (Å²) in [5.74, 6) is 2.00. The molecule has 1 atom stereocenters. The molecule has 0 spiro atoms. The molecular weight excluding hydrogens is 436 g/mol. The molecule has 1 aromatic heterocycles. The first-order chi connectivity index (χ1) is 16.2. The van der Waals surface area contributed by atoms with Crippen LogP contribution in [-0.2, 0) is 22.5 Å². The SMILES string of the molecule is COc1ccc(-c2nnc(SCC(=O)N3CCCc4ccccc43)n2C[C@@H]2CCCO2)cc1. The monoisotopic (exact) mass is 464 g/mol. The summed E-state index contributed by atoms with van der Waals surface area (Å²) < 4.78 is 13.3. The molecule has 0 N–H and O–H groups in total. The Morgan fingerprint density at radius 2 is 2.00 bits per heavy atom. The molecule has 3 aromatic rings. The smallest absolute Gasteiger partial charge is 0.237 e. The maximum atomic E-state index is 13.1. The van der Waals surface area contributed by atoms with Crippen molar-refractivity contribution < 1.29 is 14.3 Å². The Balaban J connectivity index is 1.36. The van der Waals surface area contributed by atoms with Crippen molar-refractivity contribution in [3.05, 3.63) is 54.1 Å². The molecule has 5 rings (SSSR count). The third kappa shape index (κ3) is 4.77. The van der Waals surface area contributed by atoms with Crippen LogP contribution >= 0.6 is 11.8 Å². The fourth-order valence-corrected chi connectivity index (χ4v) is 5.33. The van der Waals surface area contributed by atoms with Crippen LogP contribution in [0.4, 0.5) is 5.69 Å². The summed E-state index contributed by atoms with van der Waals surface area (Å²) in [6.45, 7) is 2.23. The maximum Gasteiger partial charge on any atom is 0.237 e. The lowest BCUT2D eigenvalue weighted by Crippen LogP contribution is -2.36. The van der Waals surface area contributed by atoms with Crippen molar-refractivity contribution in [3.8, 4) is 17.1 Å². The van der Waals surface area contributed by atoms with E-state index in [2.05, 4.69) is 20.8 Å². The molecule has 0 radical (unpaired) electrons. The zero-order valence-corrected chi connectivity index (χ0v) is 19.6. The van der Waals surface area contributed by atoms with Gasteiger partial charge in [0.15, 0.2) is 11.0 Å². The molecule has 0 unspecified atom stereocenters. The van der Waals surface area contributed by atoms with Gasteiger partial charge in [0, 0.05) is 24.4 Å². The number of nitrogens with zero attached hydrogens (tertiary/aromatic N) is 4. The van der Waals surface area contributed by atoms with Crippen molar-refractivity contribution in [1.82, 2.24) is 14.8 Å². The van der Waals surface area contributed by atoms with Crippen molar-refractivity contribution in [2.75, 3.05) is 30.9 Å². The van der Waals surface area contributed by atoms with Gasteiger partial charge in [-0.1, -0.05) is 30.0 Å². The number of fused-ring (bicyclic) bond motifs is 1. The van der Waals surface area contributed by atoms with E-state index in [-0.39, 0.29) is 12.0 Å². The highest BCUT2D eigenvalue weighted by Gasteiger charge is 2.25. The van der Waals surface area contributed by atoms with Crippen LogP contribution in [0.1, 0.15) is 24.8 Å². The van der Waals surface area contributed by atoms with Crippen molar-refractivity contribution in [1.29, 1.82) is 0 Å². The number of methoxy groups -OCH3 is 1. The molecule has 33 heavy (non-hydrogen) atoms. The second kappa shape index (κ2) is 9.97. The predicted octanol–water partition coefficient (Wildman–Crippen LogP) is 4.20. The Labute approximate surface area is 198 Å². The van der Waals surface area contributed by atoms with E-state index < -0.39 is 0 Å². The number of thioether (sulfide) groups is 1. The molecule has 7 nitrogen and oxygen atoms in total. The van der Waals surface area contributed by atoms with E-state index in [0.717, 1.165) is 66.8 Å². The predicted molar refractivity (Wildman–Crippen MR) is 129 cm³/mol. The highest BCUT2D eigenvalue weighted by molar-refractivity contribution is 7.99. The summed E-state index contributed by atoms with van der Waals surface area (Å²) in [7, 11) is 1.65. The number of carbonyl (C=O) groups is 1. The van der Waals surface area contributed by atoms with Gasteiger partial charge in [-0.25, -0.2) is 0 Å². The van der Waals surface area contributed by atoms with Crippen LogP contribution in [0.25, 0.3) is 11.4 Å². The summed E-state index contributed by atoms with van der Waals surface area (Å²) in [4.78, 5) is 15.1. The third-order valence-corrected chi connectivity index (χ3v) is 7.16. The highest BCUT2D eigenvalue weighted by atomic mass is 32.2. The van der Waals surface area contributed by atoms with Gasteiger partial charge in [-0.3, -0.25) is 9.36 Å². The fraction of sp³-hybridized carbons (Fsp3) is 0.400. The average Bonchev–Trinajstić information content (AvgIpc) is 3.52. The quantitative estimate of drug-likeness (QED) is 0.488. The molecule has 0 bridgehead atoms. The van der Waals surface area contributed by atoms with Crippen LogP contribution in [0.2, 0.25) is 0 Å². The number of hydrogen-bond acceptors (Lipinski definition) is 6. The molecule has 2 aliphatic rings. The van der Waals surface area contributed by atoms with Gasteiger partial charge in [0.1, 0.15) is 5.75 Å². The van der Waals surface area contributed by atoms with Crippen LogP contribution in [0, 0.1) is 0 Å². The normalized spacial score (nSPS) is 17.7. The minimum atomic E-state index is 0.102. The van der Waals surface area contributed by atoms with Crippen LogP contribution < -0.4 is 9.64 Å². The minimum Gasteiger partial charge on any atom is -0.497 e. The lowest BCUT2D eigenvalue weighted by atomic mass is 10.0. The first kappa shape index (κ1) is 22.0. The molecule has 2 aliphatic heterocycles. The van der Waals surface area contributed by atoms with Gasteiger partial charge in [0.05, 0.1) is 25.5 Å². The van der Waals surface area contributed by atoms with Gasteiger partial charge in [-0.05, 0) is 61.6 Å². The summed E-state index contributed by atoms with van der Waals surface area (Å²) in [5.41, 5.74) is 3.24. The van der Waals surface area contributed by atoms with Crippen molar-refractivity contribution in [2.45, 2.75) is 43.5 Å². The van der Waals surface area contributed by atoms with E-state index in [9.17, 15) is 4.79 Å². The van der Waals surface area contributed by atoms with E-state index in [1.165, 1.54) is 17.3 Å². The largest absolute Gasteiger partial charge is 0.497 e. The van der Waals surface area contributed by atoms with E-state index in [1.54, 1.807) is 7.11 Å². The van der Waals surface area contributed by atoms with E-state index in [0.29, 0.717) is 12.3 Å². The number of hydrogen-bond donors (Lipinski definition) is 0. The van der Waals surface area contributed by atoms with Gasteiger partial charge >= 0.3 is 0 Å². The first-order valence-electron chi connectivity index (χ1n) is 11.4. The third-order valence-electron chi connectivity index (χ3n) is 6.21. The number of ether oxygens (including phenoxy) is 2. The molecule has 0 saturated carbocycles. The van der Waals surface area contributed by atoms with Gasteiger partial charge in [0.2, 0.25) is 5.91 Å². The number of aromatic nitrogens is 3. The van der Waals surface area contributed by atoms with E-state index >= 15 is 0 Å². The van der Waals surface area contributed by atoms with Crippen LogP contribution in [0.15, 0.2) is 53.7 Å². The van der Waals surface area contributed by atoms with Gasteiger partial charge < -0.3 is 14.4 Å². The summed E-state index contributed by atoms with van der Waals surface area (Å²) >= 11 is 1.45. The Bertz CT molecular complexity index is 1110. The standard InChI is InChI=1S/C25H28N4O3S/c1-31-20-12-10-19(11-13-20)24-26-27-25(29(24)16-21-8-5-15-32-21)33-17-23(30)28-14-4-7-18-6-2-3-9-22(18)28/h2-3,6,9-13,21H,4-5,7-8,14-17H2,1H3/t21-/m0/s1. The molecule has 1 saturated heterocycles. The number of anilines is 1. The highest BCUT2D eigenvalue weighted by Crippen LogP contribution is 2.30. The number of carbonyl (C=O) groups excluding carboxylic acids is 1. The van der Waals surface area contributed by atoms with Crippen LogP contribution in [0.3, 0.4) is 0 Å². The Morgan fingerprint density at radius 3 is 2.79 bits per heavy atom. The zero-order chi connectivity index (χ0) is 22.6. The Morgan fingerprint density at radius 1 is 1.15 bits per heavy atom. The van der Waals surface area contributed by atoms with Gasteiger partial charge in [0.25, 0.3) is 0 Å². The van der Waals surface area contributed by atoms with E-state index in [4.69, 9.17) is 9.47 Å². The molecule has 0 aliphatic carbocycles. The lowest BCUT2D eigenvalue weighted by molar-refractivity contribution is -0.116. The molecule has 3 heterocycles. The second-order valence-electron chi connectivity index (χ2n) is 8.35. The number of rotatable bonds is 7. The number of amides is 1. The van der Waals surface area contributed by atoms with Crippen LogP contribution in [-0.4, -0.2) is 52.8 Å². The van der Waals surface area contributed by atoms with Crippen LogP contribution in [0.5, 0.6) is 5.75 Å². The maximum absolute atomic E-state index is 13.1.